The first-order valence-electron chi connectivity index (χ1n) is 9.54. The standard InChI is InChI=1S/C24H19ClN2O4/c1-30-21-13-7-9-16(22(21)31-15-17-8-5-6-12-20(17)25)14-19-23(28)26-27(24(19)29)18-10-3-2-4-11-18/h2-14H,15H2,1H3,(H,26,28). The molecule has 1 aliphatic heterocycles. The van der Waals surface area contributed by atoms with Gasteiger partial charge in [-0.25, -0.2) is 5.01 Å². The lowest BCUT2D eigenvalue weighted by Crippen LogP contribution is -2.35. The summed E-state index contributed by atoms with van der Waals surface area (Å²) in [6.45, 7) is 0.201. The van der Waals surface area contributed by atoms with Gasteiger partial charge in [0.2, 0.25) is 0 Å². The Morgan fingerprint density at radius 2 is 1.71 bits per heavy atom. The van der Waals surface area contributed by atoms with Gasteiger partial charge in [0.05, 0.1) is 12.8 Å². The molecule has 1 saturated heterocycles. The average Bonchev–Trinajstić information content (AvgIpc) is 3.08. The van der Waals surface area contributed by atoms with E-state index in [1.807, 2.05) is 24.3 Å². The van der Waals surface area contributed by atoms with Gasteiger partial charge in [-0.15, -0.1) is 0 Å². The van der Waals surface area contributed by atoms with Crippen LogP contribution in [0.5, 0.6) is 11.5 Å². The molecule has 0 saturated carbocycles. The van der Waals surface area contributed by atoms with Crippen LogP contribution in [-0.4, -0.2) is 18.9 Å². The van der Waals surface area contributed by atoms with Gasteiger partial charge in [-0.3, -0.25) is 15.0 Å². The van der Waals surface area contributed by atoms with E-state index in [-0.39, 0.29) is 12.2 Å². The molecular formula is C24H19ClN2O4. The minimum atomic E-state index is -0.492. The predicted octanol–water partition coefficient (Wildman–Crippen LogP) is 4.39. The average molecular weight is 435 g/mol. The number of amides is 2. The molecule has 1 aliphatic rings. The number of para-hydroxylation sites is 2. The van der Waals surface area contributed by atoms with Crippen LogP contribution < -0.4 is 19.9 Å². The van der Waals surface area contributed by atoms with Gasteiger partial charge in [0, 0.05) is 16.1 Å². The Balaban J connectivity index is 1.66. The molecule has 3 aromatic carbocycles. The number of carbonyl (C=O) groups is 2. The van der Waals surface area contributed by atoms with E-state index in [4.69, 9.17) is 21.1 Å². The maximum atomic E-state index is 12.9. The zero-order chi connectivity index (χ0) is 21.8. The number of hydrazine groups is 1. The molecule has 156 valence electrons. The summed E-state index contributed by atoms with van der Waals surface area (Å²) in [4.78, 5) is 25.4. The molecule has 0 unspecified atom stereocenters. The Morgan fingerprint density at radius 3 is 2.45 bits per heavy atom. The summed E-state index contributed by atoms with van der Waals surface area (Å²) in [5.74, 6) is -0.0480. The second kappa shape index (κ2) is 8.93. The molecule has 31 heavy (non-hydrogen) atoms. The van der Waals surface area contributed by atoms with Crippen molar-refractivity contribution in [3.63, 3.8) is 0 Å². The molecule has 0 atom stereocenters. The fourth-order valence-electron chi connectivity index (χ4n) is 3.20. The van der Waals surface area contributed by atoms with E-state index in [9.17, 15) is 9.59 Å². The van der Waals surface area contributed by atoms with Crippen LogP contribution in [0.1, 0.15) is 11.1 Å². The Morgan fingerprint density at radius 1 is 0.968 bits per heavy atom. The lowest BCUT2D eigenvalue weighted by atomic mass is 10.1. The number of nitrogens with zero attached hydrogens (tertiary/aromatic N) is 1. The largest absolute Gasteiger partial charge is 0.493 e. The van der Waals surface area contributed by atoms with Crippen LogP contribution in [-0.2, 0) is 16.2 Å². The number of halogens is 1. The SMILES string of the molecule is COc1cccc(C=C2C(=O)NN(c3ccccc3)C2=O)c1OCc1ccccc1Cl. The van der Waals surface area contributed by atoms with Crippen LogP contribution in [0.15, 0.2) is 78.4 Å². The van der Waals surface area contributed by atoms with Crippen LogP contribution in [0.2, 0.25) is 5.02 Å². The predicted molar refractivity (Wildman–Crippen MR) is 119 cm³/mol. The van der Waals surface area contributed by atoms with Crippen molar-refractivity contribution in [2.75, 3.05) is 12.1 Å². The quantitative estimate of drug-likeness (QED) is 0.461. The first-order chi connectivity index (χ1) is 15.1. The molecule has 1 fully saturated rings. The summed E-state index contributed by atoms with van der Waals surface area (Å²) in [6, 6.07) is 21.5. The summed E-state index contributed by atoms with van der Waals surface area (Å²) in [5, 5.41) is 1.81. The molecule has 4 rings (SSSR count). The van der Waals surface area contributed by atoms with E-state index in [1.54, 1.807) is 48.5 Å². The van der Waals surface area contributed by atoms with Crippen molar-refractivity contribution in [1.29, 1.82) is 0 Å². The third-order valence-electron chi connectivity index (χ3n) is 4.76. The van der Waals surface area contributed by atoms with Crippen molar-refractivity contribution in [1.82, 2.24) is 5.43 Å². The monoisotopic (exact) mass is 434 g/mol. The summed E-state index contributed by atoms with van der Waals surface area (Å²) in [7, 11) is 1.53. The van der Waals surface area contributed by atoms with Crippen molar-refractivity contribution in [2.45, 2.75) is 6.61 Å². The van der Waals surface area contributed by atoms with E-state index < -0.39 is 11.8 Å². The third kappa shape index (κ3) is 4.25. The lowest BCUT2D eigenvalue weighted by molar-refractivity contribution is -0.117. The Hall–Kier alpha value is -3.77. The third-order valence-corrected chi connectivity index (χ3v) is 5.13. The molecule has 0 spiro atoms. The minimum Gasteiger partial charge on any atom is -0.493 e. The van der Waals surface area contributed by atoms with Crippen molar-refractivity contribution in [3.05, 3.63) is 94.5 Å². The van der Waals surface area contributed by atoms with E-state index in [0.717, 1.165) is 5.56 Å². The van der Waals surface area contributed by atoms with E-state index >= 15 is 0 Å². The molecule has 7 heteroatoms. The van der Waals surface area contributed by atoms with Crippen LogP contribution in [0, 0.1) is 0 Å². The molecular weight excluding hydrogens is 416 g/mol. The fraction of sp³-hybridized carbons (Fsp3) is 0.0833. The maximum Gasteiger partial charge on any atom is 0.282 e. The number of carbonyl (C=O) groups excluding carboxylic acids is 2. The van der Waals surface area contributed by atoms with Gasteiger partial charge in [0.1, 0.15) is 12.2 Å². The number of ether oxygens (including phenoxy) is 2. The van der Waals surface area contributed by atoms with E-state index in [2.05, 4.69) is 5.43 Å². The highest BCUT2D eigenvalue weighted by Crippen LogP contribution is 2.34. The topological polar surface area (TPSA) is 67.9 Å². The van der Waals surface area contributed by atoms with Crippen LogP contribution in [0.3, 0.4) is 0 Å². The second-order valence-electron chi connectivity index (χ2n) is 6.73. The van der Waals surface area contributed by atoms with Gasteiger partial charge in [0.15, 0.2) is 11.5 Å². The Bertz CT molecular complexity index is 1160. The van der Waals surface area contributed by atoms with Crippen LogP contribution >= 0.6 is 11.6 Å². The van der Waals surface area contributed by atoms with Gasteiger partial charge in [-0.2, -0.15) is 0 Å². The number of nitrogens with one attached hydrogen (secondary N) is 1. The van der Waals surface area contributed by atoms with E-state index in [1.165, 1.54) is 18.2 Å². The normalized spacial score (nSPS) is 14.6. The van der Waals surface area contributed by atoms with Gasteiger partial charge in [-0.05, 0) is 30.3 Å². The number of rotatable bonds is 6. The number of hydrogen-bond acceptors (Lipinski definition) is 4. The van der Waals surface area contributed by atoms with E-state index in [0.29, 0.717) is 27.8 Å². The Labute approximate surface area is 184 Å². The first kappa shape index (κ1) is 20.5. The molecule has 1 N–H and O–H groups in total. The minimum absolute atomic E-state index is 0.000278. The van der Waals surface area contributed by atoms with Crippen LogP contribution in [0.25, 0.3) is 6.08 Å². The van der Waals surface area contributed by atoms with Crippen molar-refractivity contribution in [3.8, 4) is 11.5 Å². The van der Waals surface area contributed by atoms with Crippen molar-refractivity contribution < 1.29 is 19.1 Å². The molecule has 6 nitrogen and oxygen atoms in total. The summed E-state index contributed by atoms with van der Waals surface area (Å²) < 4.78 is 11.4. The molecule has 3 aromatic rings. The highest BCUT2D eigenvalue weighted by molar-refractivity contribution is 6.32. The number of hydrogen-bond donors (Lipinski definition) is 1. The zero-order valence-corrected chi connectivity index (χ0v) is 17.4. The molecule has 0 aromatic heterocycles. The highest BCUT2D eigenvalue weighted by atomic mass is 35.5. The summed E-state index contributed by atoms with van der Waals surface area (Å²) >= 11 is 6.23. The fourth-order valence-corrected chi connectivity index (χ4v) is 3.39. The zero-order valence-electron chi connectivity index (χ0n) is 16.7. The number of benzene rings is 3. The summed E-state index contributed by atoms with van der Waals surface area (Å²) in [5.41, 5.74) is 4.51. The van der Waals surface area contributed by atoms with Gasteiger partial charge in [-0.1, -0.05) is 60.1 Å². The van der Waals surface area contributed by atoms with Gasteiger partial charge >= 0.3 is 0 Å². The number of methoxy groups -OCH3 is 1. The van der Waals surface area contributed by atoms with Crippen LogP contribution in [0.4, 0.5) is 5.69 Å². The molecule has 1 heterocycles. The molecule has 0 aliphatic carbocycles. The maximum absolute atomic E-state index is 12.9. The van der Waals surface area contributed by atoms with Crippen molar-refractivity contribution >= 4 is 35.2 Å². The first-order valence-corrected chi connectivity index (χ1v) is 9.91. The van der Waals surface area contributed by atoms with Gasteiger partial charge < -0.3 is 9.47 Å². The molecule has 0 bridgehead atoms. The molecule has 0 radical (unpaired) electrons. The lowest BCUT2D eigenvalue weighted by Gasteiger charge is -2.15. The number of anilines is 1. The smallest absolute Gasteiger partial charge is 0.282 e. The Kier molecular flexibility index (Phi) is 5.91. The molecule has 2 amide bonds. The van der Waals surface area contributed by atoms with Crippen molar-refractivity contribution in [2.24, 2.45) is 0 Å². The second-order valence-corrected chi connectivity index (χ2v) is 7.14. The summed E-state index contributed by atoms with van der Waals surface area (Å²) in [6.07, 6.45) is 1.51. The highest BCUT2D eigenvalue weighted by Gasteiger charge is 2.34. The van der Waals surface area contributed by atoms with Gasteiger partial charge in [0.25, 0.3) is 11.8 Å².